The number of hydrogen-bond acceptors (Lipinski definition) is 4. The van der Waals surface area contributed by atoms with Gasteiger partial charge < -0.3 is 14.3 Å². The van der Waals surface area contributed by atoms with Crippen LogP contribution in [0.2, 0.25) is 0 Å². The van der Waals surface area contributed by atoms with E-state index < -0.39 is 5.76 Å². The van der Waals surface area contributed by atoms with Gasteiger partial charge in [-0.15, -0.1) is 0 Å². The summed E-state index contributed by atoms with van der Waals surface area (Å²) >= 11 is 0. The van der Waals surface area contributed by atoms with Crippen LogP contribution in [0.4, 0.5) is 0 Å². The zero-order valence-corrected chi connectivity index (χ0v) is 11.0. The van der Waals surface area contributed by atoms with Crippen LogP contribution in [0, 0.1) is 0 Å². The molecule has 0 atom stereocenters. The Balaban J connectivity index is 1.73. The molecule has 7 heteroatoms. The van der Waals surface area contributed by atoms with E-state index in [0.717, 1.165) is 17.8 Å². The number of fused-ring (bicyclic) bond motifs is 2. The highest BCUT2D eigenvalue weighted by Gasteiger charge is 2.25. The van der Waals surface area contributed by atoms with Crippen molar-refractivity contribution in [2.75, 3.05) is 6.54 Å². The molecule has 0 bridgehead atoms. The van der Waals surface area contributed by atoms with Gasteiger partial charge in [0.1, 0.15) is 0 Å². The van der Waals surface area contributed by atoms with Crippen LogP contribution in [0.3, 0.4) is 0 Å². The zero-order chi connectivity index (χ0) is 14.4. The number of H-pyrrole nitrogens is 2. The van der Waals surface area contributed by atoms with Gasteiger partial charge in [-0.2, -0.15) is 0 Å². The third-order valence-electron chi connectivity index (χ3n) is 3.74. The second-order valence-electron chi connectivity index (χ2n) is 5.00. The maximum Gasteiger partial charge on any atom is 0.417 e. The van der Waals surface area contributed by atoms with Crippen molar-refractivity contribution in [2.24, 2.45) is 0 Å². The van der Waals surface area contributed by atoms with Crippen LogP contribution in [0.5, 0.6) is 0 Å². The topological polar surface area (TPSA) is 95.0 Å². The van der Waals surface area contributed by atoms with Crippen molar-refractivity contribution in [1.82, 2.24) is 19.9 Å². The van der Waals surface area contributed by atoms with Crippen molar-refractivity contribution in [3.63, 3.8) is 0 Å². The molecule has 3 heterocycles. The second kappa shape index (κ2) is 4.34. The Hall–Kier alpha value is -2.83. The summed E-state index contributed by atoms with van der Waals surface area (Å²) in [4.78, 5) is 35.5. The lowest BCUT2D eigenvalue weighted by Crippen LogP contribution is -2.36. The molecule has 7 nitrogen and oxygen atoms in total. The van der Waals surface area contributed by atoms with E-state index in [9.17, 15) is 9.59 Å². The molecule has 1 aromatic carbocycles. The van der Waals surface area contributed by atoms with Crippen LogP contribution >= 0.6 is 0 Å². The molecule has 0 radical (unpaired) electrons. The van der Waals surface area contributed by atoms with Gasteiger partial charge in [-0.3, -0.25) is 9.78 Å². The fraction of sp³-hybridized carbons (Fsp3) is 0.214. The third kappa shape index (κ3) is 1.85. The standard InChI is InChI=1S/C14H12N4O3/c19-13(18-5-4-9-11(6-18)16-7-15-9)8-2-1-3-10-12(8)21-14(20)17-10/h1-3,7H,4-6H2,(H,15,16)(H,17,20). The number of oxazole rings is 1. The highest BCUT2D eigenvalue weighted by atomic mass is 16.4. The molecule has 1 aliphatic heterocycles. The normalized spacial score (nSPS) is 14.4. The lowest BCUT2D eigenvalue weighted by atomic mass is 10.1. The number of benzene rings is 1. The molecule has 1 amide bonds. The molecular formula is C14H12N4O3. The molecule has 0 fully saturated rings. The number of aromatic amines is 2. The summed E-state index contributed by atoms with van der Waals surface area (Å²) in [6, 6.07) is 5.11. The molecule has 1 aliphatic rings. The molecule has 21 heavy (non-hydrogen) atoms. The van der Waals surface area contributed by atoms with E-state index in [1.54, 1.807) is 29.4 Å². The maximum atomic E-state index is 12.7. The van der Waals surface area contributed by atoms with Crippen molar-refractivity contribution >= 4 is 17.0 Å². The molecule has 0 saturated carbocycles. The Morgan fingerprint density at radius 1 is 1.38 bits per heavy atom. The van der Waals surface area contributed by atoms with E-state index in [2.05, 4.69) is 15.0 Å². The van der Waals surface area contributed by atoms with Crippen molar-refractivity contribution in [3.8, 4) is 0 Å². The predicted octanol–water partition coefficient (Wildman–Crippen LogP) is 1.04. The number of carbonyl (C=O) groups excluding carboxylic acids is 1. The predicted molar refractivity (Wildman–Crippen MR) is 73.9 cm³/mol. The van der Waals surface area contributed by atoms with Gasteiger partial charge >= 0.3 is 5.76 Å². The first-order chi connectivity index (χ1) is 10.2. The number of amides is 1. The van der Waals surface area contributed by atoms with E-state index in [1.807, 2.05) is 0 Å². The zero-order valence-electron chi connectivity index (χ0n) is 11.0. The third-order valence-corrected chi connectivity index (χ3v) is 3.74. The van der Waals surface area contributed by atoms with E-state index in [0.29, 0.717) is 29.8 Å². The first-order valence-corrected chi connectivity index (χ1v) is 6.64. The van der Waals surface area contributed by atoms with Crippen molar-refractivity contribution in [2.45, 2.75) is 13.0 Å². The van der Waals surface area contributed by atoms with Gasteiger partial charge in [0.25, 0.3) is 5.91 Å². The van der Waals surface area contributed by atoms with Crippen LogP contribution in [-0.4, -0.2) is 32.3 Å². The van der Waals surface area contributed by atoms with Gasteiger partial charge in [-0.25, -0.2) is 9.78 Å². The molecule has 2 aromatic heterocycles. The first kappa shape index (κ1) is 12.0. The van der Waals surface area contributed by atoms with Gasteiger partial charge in [0.05, 0.1) is 35.3 Å². The van der Waals surface area contributed by atoms with Gasteiger partial charge in [0.2, 0.25) is 0 Å². The minimum atomic E-state index is -0.556. The highest BCUT2D eigenvalue weighted by Crippen LogP contribution is 2.21. The Kier molecular flexibility index (Phi) is 2.47. The molecule has 2 N–H and O–H groups in total. The fourth-order valence-corrected chi connectivity index (χ4v) is 2.70. The second-order valence-corrected chi connectivity index (χ2v) is 5.00. The number of rotatable bonds is 1. The maximum absolute atomic E-state index is 12.7. The van der Waals surface area contributed by atoms with Crippen molar-refractivity contribution < 1.29 is 9.21 Å². The summed E-state index contributed by atoms with van der Waals surface area (Å²) in [5.74, 6) is -0.705. The largest absolute Gasteiger partial charge is 0.417 e. The quantitative estimate of drug-likeness (QED) is 0.698. The Labute approximate surface area is 118 Å². The van der Waals surface area contributed by atoms with Crippen LogP contribution < -0.4 is 5.76 Å². The summed E-state index contributed by atoms with van der Waals surface area (Å²) < 4.78 is 5.09. The minimum absolute atomic E-state index is 0.149. The molecular weight excluding hydrogens is 272 g/mol. The average molecular weight is 284 g/mol. The SMILES string of the molecule is O=C(c1cccc2[nH]c(=O)oc12)N1CCc2nc[nH]c2C1. The van der Waals surface area contributed by atoms with Gasteiger partial charge in [0, 0.05) is 13.0 Å². The Morgan fingerprint density at radius 2 is 2.29 bits per heavy atom. The van der Waals surface area contributed by atoms with Crippen molar-refractivity contribution in [3.05, 3.63) is 52.0 Å². The van der Waals surface area contributed by atoms with Crippen LogP contribution in [0.15, 0.2) is 33.7 Å². The number of hydrogen-bond donors (Lipinski definition) is 2. The van der Waals surface area contributed by atoms with E-state index in [-0.39, 0.29) is 5.91 Å². The van der Waals surface area contributed by atoms with Crippen molar-refractivity contribution in [1.29, 1.82) is 0 Å². The van der Waals surface area contributed by atoms with Crippen LogP contribution in [0.25, 0.3) is 11.1 Å². The van der Waals surface area contributed by atoms with Gasteiger partial charge in [0.15, 0.2) is 5.58 Å². The number of aromatic nitrogens is 3. The minimum Gasteiger partial charge on any atom is -0.407 e. The van der Waals surface area contributed by atoms with Crippen LogP contribution in [0.1, 0.15) is 21.7 Å². The van der Waals surface area contributed by atoms with Gasteiger partial charge in [-0.05, 0) is 12.1 Å². The van der Waals surface area contributed by atoms with E-state index >= 15 is 0 Å². The number of nitrogens with zero attached hydrogens (tertiary/aromatic N) is 2. The van der Waals surface area contributed by atoms with E-state index in [1.165, 1.54) is 0 Å². The number of nitrogens with one attached hydrogen (secondary N) is 2. The number of imidazole rings is 1. The molecule has 0 saturated heterocycles. The lowest BCUT2D eigenvalue weighted by molar-refractivity contribution is 0.0732. The number of carbonyl (C=O) groups is 1. The lowest BCUT2D eigenvalue weighted by Gasteiger charge is -2.26. The molecule has 4 rings (SSSR count). The Bertz CT molecular complexity index is 889. The smallest absolute Gasteiger partial charge is 0.407 e. The summed E-state index contributed by atoms with van der Waals surface area (Å²) in [7, 11) is 0. The summed E-state index contributed by atoms with van der Waals surface area (Å²) in [6.07, 6.45) is 2.36. The van der Waals surface area contributed by atoms with Crippen LogP contribution in [-0.2, 0) is 13.0 Å². The van der Waals surface area contributed by atoms with Gasteiger partial charge in [-0.1, -0.05) is 6.07 Å². The monoisotopic (exact) mass is 284 g/mol. The molecule has 0 unspecified atom stereocenters. The van der Waals surface area contributed by atoms with E-state index in [4.69, 9.17) is 4.42 Å². The molecule has 106 valence electrons. The summed E-state index contributed by atoms with van der Waals surface area (Å²) in [6.45, 7) is 1.08. The summed E-state index contributed by atoms with van der Waals surface area (Å²) in [5, 5.41) is 0. The molecule has 0 spiro atoms. The highest BCUT2D eigenvalue weighted by molar-refractivity contribution is 6.04. The summed E-state index contributed by atoms with van der Waals surface area (Å²) in [5.41, 5.74) is 3.20. The average Bonchev–Trinajstić information content (AvgIpc) is 3.09. The molecule has 0 aliphatic carbocycles. The Morgan fingerprint density at radius 3 is 3.19 bits per heavy atom. The first-order valence-electron chi connectivity index (χ1n) is 6.64. The molecule has 3 aromatic rings. The number of para-hydroxylation sites is 1. The fourth-order valence-electron chi connectivity index (χ4n) is 2.70.